The third-order valence-corrected chi connectivity index (χ3v) is 12.5. The van der Waals surface area contributed by atoms with Crippen molar-refractivity contribution in [2.24, 2.45) is 0 Å². The molecule has 2 saturated heterocycles. The maximum absolute atomic E-state index is 13.8. The Kier molecular flexibility index (Phi) is 11.1. The molecule has 4 aliphatic rings. The van der Waals surface area contributed by atoms with Crippen molar-refractivity contribution in [2.45, 2.75) is 61.8 Å². The first-order valence-corrected chi connectivity index (χ1v) is 18.8. The number of likely N-dealkylation sites (N-methyl/N-ethyl adjacent to an activating group) is 2. The van der Waals surface area contributed by atoms with Crippen LogP contribution >= 0.6 is 0 Å². The minimum atomic E-state index is -0.816. The van der Waals surface area contributed by atoms with Crippen LogP contribution < -0.4 is 0 Å². The Balaban J connectivity index is 0.000000162. The number of aromatic nitrogens is 2. The number of hydrogen-bond acceptors (Lipinski definition) is 8. The Hall–Kier alpha value is -3.64. The van der Waals surface area contributed by atoms with Crippen molar-refractivity contribution in [1.29, 1.82) is 0 Å². The van der Waals surface area contributed by atoms with Gasteiger partial charge in [0.2, 0.25) is 0 Å². The molecule has 4 aromatic rings. The molecule has 10 heteroatoms. The van der Waals surface area contributed by atoms with Crippen LogP contribution in [0.5, 0.6) is 0 Å². The number of fused-ring (bicyclic) bond motifs is 4. The number of piperidine rings is 2. The average Bonchev–Trinajstić information content (AvgIpc) is 3.17. The van der Waals surface area contributed by atoms with Crippen LogP contribution in [0.1, 0.15) is 71.3 Å². The van der Waals surface area contributed by atoms with Crippen LogP contribution in [-0.4, -0.2) is 106 Å². The minimum Gasteiger partial charge on any atom is -0.387 e. The number of benzene rings is 2. The molecule has 52 heavy (non-hydrogen) atoms. The lowest BCUT2D eigenvalue weighted by Crippen LogP contribution is -2.55. The maximum atomic E-state index is 13.8. The minimum absolute atomic E-state index is 0.0954. The highest BCUT2D eigenvalue weighted by atomic mass is 19.1. The predicted octanol–water partition coefficient (Wildman–Crippen LogP) is 5.47. The molecule has 0 aliphatic carbocycles. The van der Waals surface area contributed by atoms with E-state index in [9.17, 15) is 19.0 Å². The molecule has 4 aliphatic heterocycles. The molecule has 2 aromatic carbocycles. The number of aliphatic hydroxyl groups excluding tert-OH is 2. The van der Waals surface area contributed by atoms with Gasteiger partial charge in [-0.2, -0.15) is 0 Å². The zero-order valence-electron chi connectivity index (χ0n) is 30.5. The normalized spacial score (nSPS) is 21.5. The summed E-state index contributed by atoms with van der Waals surface area (Å²) in [5, 5.41) is 20.9. The quantitative estimate of drug-likeness (QED) is 0.273. The highest BCUT2D eigenvalue weighted by Gasteiger charge is 2.44. The summed E-state index contributed by atoms with van der Waals surface area (Å²) in [4.78, 5) is 17.0. The van der Waals surface area contributed by atoms with Crippen molar-refractivity contribution < 1.29 is 19.0 Å². The van der Waals surface area contributed by atoms with Crippen LogP contribution in [0.3, 0.4) is 0 Å². The van der Waals surface area contributed by atoms with Crippen LogP contribution in [-0.2, 0) is 23.9 Å². The van der Waals surface area contributed by atoms with Crippen molar-refractivity contribution >= 4 is 0 Å². The molecule has 8 nitrogen and oxygen atoms in total. The summed E-state index contributed by atoms with van der Waals surface area (Å²) in [6, 6.07) is 20.7. The third kappa shape index (κ3) is 7.29. The van der Waals surface area contributed by atoms with Crippen molar-refractivity contribution in [3.8, 4) is 0 Å². The van der Waals surface area contributed by atoms with E-state index in [-0.39, 0.29) is 11.1 Å². The van der Waals surface area contributed by atoms with Gasteiger partial charge in [-0.05, 0) is 87.0 Å². The molecule has 8 rings (SSSR count). The van der Waals surface area contributed by atoms with Crippen molar-refractivity contribution in [1.82, 2.24) is 29.6 Å². The maximum Gasteiger partial charge on any atom is 0.147 e. The molecule has 2 spiro atoms. The number of β-amino-alcohol motifs (C(OH)–C–C–N with tert-alkyl or cyclic N) is 2. The Labute approximate surface area is 306 Å². The van der Waals surface area contributed by atoms with Gasteiger partial charge in [-0.15, -0.1) is 0 Å². The number of nitrogens with zero attached hydrogens (tertiary/aromatic N) is 6. The molecule has 2 atom stereocenters. The van der Waals surface area contributed by atoms with E-state index in [1.54, 1.807) is 12.1 Å². The van der Waals surface area contributed by atoms with E-state index in [1.807, 2.05) is 0 Å². The van der Waals surface area contributed by atoms with Crippen molar-refractivity contribution in [3.05, 3.63) is 130 Å². The highest BCUT2D eigenvalue weighted by molar-refractivity contribution is 5.38. The molecule has 276 valence electrons. The van der Waals surface area contributed by atoms with Crippen LogP contribution in [0.25, 0.3) is 0 Å². The summed E-state index contributed by atoms with van der Waals surface area (Å²) in [5.41, 5.74) is 6.73. The molecule has 0 radical (unpaired) electrons. The van der Waals surface area contributed by atoms with Crippen molar-refractivity contribution in [2.75, 3.05) is 66.5 Å². The Bertz CT molecular complexity index is 1680. The second-order valence-corrected chi connectivity index (χ2v) is 15.1. The van der Waals surface area contributed by atoms with E-state index in [0.29, 0.717) is 24.2 Å². The molecule has 0 amide bonds. The van der Waals surface area contributed by atoms with Gasteiger partial charge in [0.1, 0.15) is 11.6 Å². The first kappa shape index (κ1) is 36.7. The van der Waals surface area contributed by atoms with Crippen LogP contribution in [0.15, 0.2) is 85.5 Å². The van der Waals surface area contributed by atoms with Gasteiger partial charge >= 0.3 is 0 Å². The highest BCUT2D eigenvalue weighted by Crippen LogP contribution is 2.44. The fraction of sp³-hybridized carbons (Fsp3) is 0.476. The van der Waals surface area contributed by atoms with Gasteiger partial charge < -0.3 is 20.0 Å². The fourth-order valence-electron chi connectivity index (χ4n) is 9.31. The lowest BCUT2D eigenvalue weighted by Gasteiger charge is -2.51. The van der Waals surface area contributed by atoms with Crippen LogP contribution in [0, 0.1) is 11.6 Å². The number of aliphatic hydroxyl groups is 2. The second-order valence-electron chi connectivity index (χ2n) is 15.1. The van der Waals surface area contributed by atoms with Gasteiger partial charge in [0.15, 0.2) is 0 Å². The van der Waals surface area contributed by atoms with E-state index < -0.39 is 23.8 Å². The van der Waals surface area contributed by atoms with Crippen molar-refractivity contribution in [3.63, 3.8) is 0 Å². The van der Waals surface area contributed by atoms with Gasteiger partial charge in [0.05, 0.1) is 24.6 Å². The van der Waals surface area contributed by atoms with Gasteiger partial charge in [-0.25, -0.2) is 8.78 Å². The number of rotatable bonds is 6. The molecule has 2 fully saturated rings. The Morgan fingerprint density at radius 2 is 0.981 bits per heavy atom. The van der Waals surface area contributed by atoms with E-state index in [1.165, 1.54) is 34.6 Å². The summed E-state index contributed by atoms with van der Waals surface area (Å²) in [7, 11) is 4.46. The first-order chi connectivity index (χ1) is 25.2. The molecule has 6 heterocycles. The number of pyridine rings is 2. The molecular formula is C42H52F2N6O2. The van der Waals surface area contributed by atoms with Gasteiger partial charge in [-0.1, -0.05) is 48.5 Å². The Morgan fingerprint density at radius 1 is 0.596 bits per heavy atom. The number of likely N-dealkylation sites (tertiary alicyclic amines) is 2. The van der Waals surface area contributed by atoms with E-state index in [2.05, 4.69) is 92.2 Å². The largest absolute Gasteiger partial charge is 0.387 e. The SMILES string of the molecule is CN1CCc2ccccc2C12CCN(C[C@@H](O)c1ccncc1F)CC2.CN1CCc2ccccc2C12CCN(C[C@H](O)c1ccncc1F)CC2. The van der Waals surface area contributed by atoms with E-state index in [0.717, 1.165) is 90.2 Å². The van der Waals surface area contributed by atoms with Gasteiger partial charge in [0.25, 0.3) is 0 Å². The topological polar surface area (TPSA) is 79.2 Å². The van der Waals surface area contributed by atoms with E-state index >= 15 is 0 Å². The fourth-order valence-corrected chi connectivity index (χ4v) is 9.31. The summed E-state index contributed by atoms with van der Waals surface area (Å²) in [6.07, 6.45) is 10.1. The molecule has 0 bridgehead atoms. The summed E-state index contributed by atoms with van der Waals surface area (Å²) < 4.78 is 27.7. The molecule has 0 saturated carbocycles. The standard InChI is InChI=1S/2C21H26FN3O/c2*1-24-11-7-16-4-2-3-5-18(16)21(24)8-12-25(13-9-21)15-20(26)17-6-10-23-14-19(17)22/h2*2-6,10,14,20,26H,7-9,11-13,15H2,1H3/t2*20-/m10/s1. The summed E-state index contributed by atoms with van der Waals surface area (Å²) >= 11 is 0. The van der Waals surface area contributed by atoms with E-state index in [4.69, 9.17) is 0 Å². The van der Waals surface area contributed by atoms with Gasteiger partial charge in [0, 0.05) is 87.0 Å². The first-order valence-electron chi connectivity index (χ1n) is 18.8. The zero-order valence-corrected chi connectivity index (χ0v) is 30.5. The third-order valence-electron chi connectivity index (χ3n) is 12.5. The predicted molar refractivity (Wildman–Crippen MR) is 199 cm³/mol. The lowest BCUT2D eigenvalue weighted by atomic mass is 9.74. The van der Waals surface area contributed by atoms with Crippen LogP contribution in [0.4, 0.5) is 8.78 Å². The van der Waals surface area contributed by atoms with Crippen LogP contribution in [0.2, 0.25) is 0 Å². The monoisotopic (exact) mass is 710 g/mol. The Morgan fingerprint density at radius 3 is 1.37 bits per heavy atom. The average molecular weight is 711 g/mol. The molecular weight excluding hydrogens is 658 g/mol. The smallest absolute Gasteiger partial charge is 0.147 e. The number of halogens is 2. The number of hydrogen-bond donors (Lipinski definition) is 2. The molecule has 0 unspecified atom stereocenters. The summed E-state index contributed by atoms with van der Waals surface area (Å²) in [5.74, 6) is -0.871. The second kappa shape index (κ2) is 15.8. The van der Waals surface area contributed by atoms with Gasteiger partial charge in [-0.3, -0.25) is 19.8 Å². The molecule has 2 N–H and O–H groups in total. The zero-order chi connectivity index (χ0) is 36.3. The summed E-state index contributed by atoms with van der Waals surface area (Å²) in [6.45, 7) is 6.71. The lowest BCUT2D eigenvalue weighted by molar-refractivity contribution is 0.0112. The molecule has 2 aromatic heterocycles.